The van der Waals surface area contributed by atoms with Crippen LogP contribution < -0.4 is 5.32 Å². The van der Waals surface area contributed by atoms with E-state index in [0.717, 1.165) is 5.56 Å². The Labute approximate surface area is 113 Å². The highest BCUT2D eigenvalue weighted by molar-refractivity contribution is 5.83. The van der Waals surface area contributed by atoms with Crippen molar-refractivity contribution in [3.63, 3.8) is 0 Å². The molecule has 0 radical (unpaired) electrons. The van der Waals surface area contributed by atoms with E-state index in [9.17, 15) is 4.79 Å². The Balaban J connectivity index is 2.19. The molecule has 0 aromatic heterocycles. The molecule has 2 aromatic rings. The van der Waals surface area contributed by atoms with Crippen LogP contribution in [0.1, 0.15) is 25.8 Å². The fourth-order valence-electron chi connectivity index (χ4n) is 2.16. The molecule has 3 heteroatoms. The molecule has 100 valence electrons. The lowest BCUT2D eigenvalue weighted by Crippen LogP contribution is -2.37. The van der Waals surface area contributed by atoms with E-state index >= 15 is 0 Å². The number of carbonyl (C=O) groups is 1. The summed E-state index contributed by atoms with van der Waals surface area (Å²) in [6.45, 7) is 4.60. The molecule has 0 saturated heterocycles. The zero-order chi connectivity index (χ0) is 13.9. The van der Waals surface area contributed by atoms with Crippen molar-refractivity contribution in [1.82, 2.24) is 5.32 Å². The SMILES string of the molecule is CC(C)(NCCC(=O)O)c1ccc2ccccc2c1. The second kappa shape index (κ2) is 5.41. The van der Waals surface area contributed by atoms with Crippen LogP contribution in [0.3, 0.4) is 0 Å². The molecule has 0 atom stereocenters. The standard InChI is InChI=1S/C16H19NO2/c1-16(2,17-10-9-15(18)19)14-8-7-12-5-3-4-6-13(12)11-14/h3-8,11,17H,9-10H2,1-2H3,(H,18,19). The zero-order valence-corrected chi connectivity index (χ0v) is 11.3. The van der Waals surface area contributed by atoms with E-state index < -0.39 is 5.97 Å². The summed E-state index contributed by atoms with van der Waals surface area (Å²) in [6.07, 6.45) is 0.136. The van der Waals surface area contributed by atoms with Crippen molar-refractivity contribution in [2.45, 2.75) is 25.8 Å². The van der Waals surface area contributed by atoms with Gasteiger partial charge in [-0.1, -0.05) is 36.4 Å². The number of hydrogen-bond donors (Lipinski definition) is 2. The van der Waals surface area contributed by atoms with E-state index in [0.29, 0.717) is 6.54 Å². The van der Waals surface area contributed by atoms with Crippen molar-refractivity contribution in [2.24, 2.45) is 0 Å². The van der Waals surface area contributed by atoms with Crippen LogP contribution in [-0.2, 0) is 10.3 Å². The summed E-state index contributed by atoms with van der Waals surface area (Å²) < 4.78 is 0. The van der Waals surface area contributed by atoms with Crippen molar-refractivity contribution in [1.29, 1.82) is 0 Å². The third-order valence-corrected chi connectivity index (χ3v) is 3.38. The second-order valence-corrected chi connectivity index (χ2v) is 5.26. The van der Waals surface area contributed by atoms with Gasteiger partial charge in [0.1, 0.15) is 0 Å². The van der Waals surface area contributed by atoms with E-state index in [1.807, 2.05) is 12.1 Å². The zero-order valence-electron chi connectivity index (χ0n) is 11.3. The molecule has 3 nitrogen and oxygen atoms in total. The summed E-state index contributed by atoms with van der Waals surface area (Å²) in [5, 5.41) is 14.4. The van der Waals surface area contributed by atoms with E-state index in [-0.39, 0.29) is 12.0 Å². The lowest BCUT2D eigenvalue weighted by atomic mass is 9.92. The molecule has 0 amide bonds. The Morgan fingerprint density at radius 2 is 1.84 bits per heavy atom. The van der Waals surface area contributed by atoms with E-state index in [1.54, 1.807) is 0 Å². The molecular weight excluding hydrogens is 238 g/mol. The molecule has 0 aliphatic rings. The van der Waals surface area contributed by atoms with Gasteiger partial charge in [0, 0.05) is 12.1 Å². The van der Waals surface area contributed by atoms with Crippen LogP contribution in [0, 0.1) is 0 Å². The highest BCUT2D eigenvalue weighted by Crippen LogP contribution is 2.24. The van der Waals surface area contributed by atoms with Gasteiger partial charge >= 0.3 is 5.97 Å². The van der Waals surface area contributed by atoms with Crippen molar-refractivity contribution in [3.8, 4) is 0 Å². The Bertz CT molecular complexity index is 590. The number of aliphatic carboxylic acids is 1. The van der Waals surface area contributed by atoms with Crippen LogP contribution in [0.4, 0.5) is 0 Å². The minimum Gasteiger partial charge on any atom is -0.481 e. The molecule has 0 saturated carbocycles. The van der Waals surface area contributed by atoms with Crippen LogP contribution in [-0.4, -0.2) is 17.6 Å². The largest absolute Gasteiger partial charge is 0.481 e. The number of carboxylic acids is 1. The normalized spacial score (nSPS) is 11.7. The van der Waals surface area contributed by atoms with Crippen LogP contribution >= 0.6 is 0 Å². The Hall–Kier alpha value is -1.87. The Morgan fingerprint density at radius 3 is 2.53 bits per heavy atom. The first kappa shape index (κ1) is 13.6. The van der Waals surface area contributed by atoms with E-state index in [4.69, 9.17) is 5.11 Å². The first-order valence-electron chi connectivity index (χ1n) is 6.45. The van der Waals surface area contributed by atoms with Gasteiger partial charge in [0.05, 0.1) is 6.42 Å². The summed E-state index contributed by atoms with van der Waals surface area (Å²) in [5.41, 5.74) is 0.927. The maximum absolute atomic E-state index is 10.6. The van der Waals surface area contributed by atoms with E-state index in [2.05, 4.69) is 49.5 Å². The first-order valence-corrected chi connectivity index (χ1v) is 6.45. The third kappa shape index (κ3) is 3.32. The molecule has 0 aliphatic heterocycles. The van der Waals surface area contributed by atoms with Crippen molar-refractivity contribution >= 4 is 16.7 Å². The topological polar surface area (TPSA) is 49.3 Å². The highest BCUT2D eigenvalue weighted by Gasteiger charge is 2.19. The predicted molar refractivity (Wildman–Crippen MR) is 77.2 cm³/mol. The van der Waals surface area contributed by atoms with Gasteiger partial charge in [-0.05, 0) is 36.2 Å². The van der Waals surface area contributed by atoms with Crippen LogP contribution in [0.5, 0.6) is 0 Å². The van der Waals surface area contributed by atoms with Gasteiger partial charge in [0.25, 0.3) is 0 Å². The third-order valence-electron chi connectivity index (χ3n) is 3.38. The van der Waals surface area contributed by atoms with Gasteiger partial charge in [-0.3, -0.25) is 4.79 Å². The second-order valence-electron chi connectivity index (χ2n) is 5.26. The molecule has 0 heterocycles. The molecule has 0 fully saturated rings. The summed E-state index contributed by atoms with van der Waals surface area (Å²) in [7, 11) is 0. The molecule has 0 spiro atoms. The smallest absolute Gasteiger partial charge is 0.304 e. The molecule has 0 unspecified atom stereocenters. The van der Waals surface area contributed by atoms with Crippen molar-refractivity contribution < 1.29 is 9.90 Å². The summed E-state index contributed by atoms with van der Waals surface area (Å²) >= 11 is 0. The monoisotopic (exact) mass is 257 g/mol. The van der Waals surface area contributed by atoms with Gasteiger partial charge in [-0.15, -0.1) is 0 Å². The minimum atomic E-state index is -0.776. The predicted octanol–water partition coefficient (Wildman–Crippen LogP) is 3.14. The molecule has 2 aromatic carbocycles. The van der Waals surface area contributed by atoms with Crippen LogP contribution in [0.25, 0.3) is 10.8 Å². The maximum Gasteiger partial charge on any atom is 0.304 e. The minimum absolute atomic E-state index is 0.136. The van der Waals surface area contributed by atoms with Crippen molar-refractivity contribution in [2.75, 3.05) is 6.54 Å². The van der Waals surface area contributed by atoms with Crippen LogP contribution in [0.15, 0.2) is 42.5 Å². The lowest BCUT2D eigenvalue weighted by molar-refractivity contribution is -0.136. The quantitative estimate of drug-likeness (QED) is 0.865. The van der Waals surface area contributed by atoms with E-state index in [1.165, 1.54) is 10.8 Å². The Morgan fingerprint density at radius 1 is 1.16 bits per heavy atom. The maximum atomic E-state index is 10.6. The number of fused-ring (bicyclic) bond motifs is 1. The van der Waals surface area contributed by atoms with Crippen molar-refractivity contribution in [3.05, 3.63) is 48.0 Å². The number of rotatable bonds is 5. The Kier molecular flexibility index (Phi) is 3.86. The van der Waals surface area contributed by atoms with Gasteiger partial charge < -0.3 is 10.4 Å². The van der Waals surface area contributed by atoms with Gasteiger partial charge in [0.15, 0.2) is 0 Å². The summed E-state index contributed by atoms with van der Waals surface area (Å²) in [4.78, 5) is 10.6. The average Bonchev–Trinajstić information content (AvgIpc) is 2.37. The first-order chi connectivity index (χ1) is 8.99. The molecule has 2 N–H and O–H groups in total. The van der Waals surface area contributed by atoms with Crippen LogP contribution in [0.2, 0.25) is 0 Å². The molecule has 2 rings (SSSR count). The number of carboxylic acid groups (broad SMARTS) is 1. The molecular formula is C16H19NO2. The summed E-state index contributed by atoms with van der Waals surface area (Å²) in [5.74, 6) is -0.776. The lowest BCUT2D eigenvalue weighted by Gasteiger charge is -2.27. The fourth-order valence-corrected chi connectivity index (χ4v) is 2.16. The van der Waals surface area contributed by atoms with Gasteiger partial charge in [0.2, 0.25) is 0 Å². The number of hydrogen-bond acceptors (Lipinski definition) is 2. The number of benzene rings is 2. The molecule has 19 heavy (non-hydrogen) atoms. The fraction of sp³-hybridized carbons (Fsp3) is 0.312. The highest BCUT2D eigenvalue weighted by atomic mass is 16.4. The number of nitrogens with one attached hydrogen (secondary N) is 1. The molecule has 0 aliphatic carbocycles. The summed E-state index contributed by atoms with van der Waals surface area (Å²) in [6, 6.07) is 14.6. The van der Waals surface area contributed by atoms with Gasteiger partial charge in [-0.25, -0.2) is 0 Å². The average molecular weight is 257 g/mol. The molecule has 0 bridgehead atoms. The van der Waals surface area contributed by atoms with Gasteiger partial charge in [-0.2, -0.15) is 0 Å².